The van der Waals surface area contributed by atoms with Crippen LogP contribution in [0.15, 0.2) is 58.6 Å². The Morgan fingerprint density at radius 1 is 1.03 bits per heavy atom. The maximum Gasteiger partial charge on any atom is 0.243 e. The Labute approximate surface area is 182 Å². The fourth-order valence-electron chi connectivity index (χ4n) is 3.68. The molecule has 3 aromatic rings. The van der Waals surface area contributed by atoms with Gasteiger partial charge in [0.1, 0.15) is 0 Å². The third-order valence-electron chi connectivity index (χ3n) is 5.45. The molecule has 1 aromatic heterocycles. The van der Waals surface area contributed by atoms with Crippen LogP contribution in [0.5, 0.6) is 0 Å². The van der Waals surface area contributed by atoms with Gasteiger partial charge in [0, 0.05) is 31.0 Å². The molecule has 0 unspecified atom stereocenters. The van der Waals surface area contributed by atoms with E-state index in [-0.39, 0.29) is 0 Å². The van der Waals surface area contributed by atoms with Gasteiger partial charge in [-0.05, 0) is 49.9 Å². The van der Waals surface area contributed by atoms with Gasteiger partial charge in [0.25, 0.3) is 0 Å². The Bertz CT molecular complexity index is 1140. The Balaban J connectivity index is 1.61. The van der Waals surface area contributed by atoms with Gasteiger partial charge in [0.15, 0.2) is 11.0 Å². The molecule has 0 spiro atoms. The van der Waals surface area contributed by atoms with Gasteiger partial charge < -0.3 is 4.57 Å². The van der Waals surface area contributed by atoms with Crippen LogP contribution in [0, 0.1) is 6.92 Å². The highest BCUT2D eigenvalue weighted by atomic mass is 32.2. The van der Waals surface area contributed by atoms with E-state index in [9.17, 15) is 8.42 Å². The fourth-order valence-corrected chi connectivity index (χ4v) is 6.32. The minimum Gasteiger partial charge on any atom is -0.302 e. The Morgan fingerprint density at radius 3 is 2.53 bits per heavy atom. The first-order chi connectivity index (χ1) is 14.5. The smallest absolute Gasteiger partial charge is 0.243 e. The van der Waals surface area contributed by atoms with Crippen molar-refractivity contribution >= 4 is 21.8 Å². The van der Waals surface area contributed by atoms with Crippen LogP contribution in [-0.2, 0) is 22.3 Å². The SMILES string of the molecule is CCn1c(SCc2ccccc2C)nnc1-c1cccc(S(=O)(=O)N2CCCC2)c1. The quantitative estimate of drug-likeness (QED) is 0.509. The van der Waals surface area contributed by atoms with Crippen LogP contribution in [0.4, 0.5) is 0 Å². The van der Waals surface area contributed by atoms with Gasteiger partial charge in [-0.3, -0.25) is 0 Å². The number of hydrogen-bond acceptors (Lipinski definition) is 5. The van der Waals surface area contributed by atoms with Gasteiger partial charge in [0.2, 0.25) is 10.0 Å². The number of nitrogens with zero attached hydrogens (tertiary/aromatic N) is 4. The molecule has 0 saturated carbocycles. The minimum atomic E-state index is -3.46. The summed E-state index contributed by atoms with van der Waals surface area (Å²) in [5, 5.41) is 9.63. The fraction of sp³-hybridized carbons (Fsp3) is 0.364. The second-order valence-corrected chi connectivity index (χ2v) is 10.3. The first kappa shape index (κ1) is 21.1. The van der Waals surface area contributed by atoms with Crippen molar-refractivity contribution in [1.82, 2.24) is 19.1 Å². The zero-order valence-electron chi connectivity index (χ0n) is 17.3. The van der Waals surface area contributed by atoms with Gasteiger partial charge in [-0.15, -0.1) is 10.2 Å². The predicted molar refractivity (Wildman–Crippen MR) is 120 cm³/mol. The molecule has 0 bridgehead atoms. The van der Waals surface area contributed by atoms with Gasteiger partial charge in [-0.2, -0.15) is 4.31 Å². The van der Waals surface area contributed by atoms with E-state index in [1.807, 2.05) is 22.8 Å². The zero-order valence-corrected chi connectivity index (χ0v) is 18.9. The van der Waals surface area contributed by atoms with Gasteiger partial charge in [-0.25, -0.2) is 8.42 Å². The summed E-state index contributed by atoms with van der Waals surface area (Å²) in [6, 6.07) is 15.4. The molecule has 2 heterocycles. The number of hydrogen-bond donors (Lipinski definition) is 0. The molecule has 0 aliphatic carbocycles. The van der Waals surface area contributed by atoms with Crippen LogP contribution in [-0.4, -0.2) is 40.6 Å². The molecule has 1 aliphatic rings. The summed E-state index contributed by atoms with van der Waals surface area (Å²) in [5.74, 6) is 1.51. The topological polar surface area (TPSA) is 68.1 Å². The van der Waals surface area contributed by atoms with Crippen molar-refractivity contribution < 1.29 is 8.42 Å². The summed E-state index contributed by atoms with van der Waals surface area (Å²) in [6.07, 6.45) is 1.84. The lowest BCUT2D eigenvalue weighted by molar-refractivity contribution is 0.477. The summed E-state index contributed by atoms with van der Waals surface area (Å²) < 4.78 is 29.5. The zero-order chi connectivity index (χ0) is 21.1. The van der Waals surface area contributed by atoms with Crippen molar-refractivity contribution in [3.63, 3.8) is 0 Å². The standard InChI is InChI=1S/C22H26N4O2S2/c1-3-26-21(23-24-22(26)29-16-19-10-5-4-9-17(19)2)18-11-8-12-20(15-18)30(27,28)25-13-6-7-14-25/h4-5,8-12,15H,3,6-7,13-14,16H2,1-2H3. The Morgan fingerprint density at radius 2 is 1.80 bits per heavy atom. The Kier molecular flexibility index (Phi) is 6.26. The summed E-state index contributed by atoms with van der Waals surface area (Å²) in [7, 11) is -3.46. The van der Waals surface area contributed by atoms with E-state index >= 15 is 0 Å². The van der Waals surface area contributed by atoms with E-state index in [1.165, 1.54) is 11.1 Å². The van der Waals surface area contributed by atoms with Crippen LogP contribution in [0.2, 0.25) is 0 Å². The molecule has 6 nitrogen and oxygen atoms in total. The number of benzene rings is 2. The normalized spacial score (nSPS) is 15.0. The van der Waals surface area contributed by atoms with E-state index in [0.29, 0.717) is 30.4 Å². The van der Waals surface area contributed by atoms with Gasteiger partial charge in [-0.1, -0.05) is 48.2 Å². The van der Waals surface area contributed by atoms with Crippen molar-refractivity contribution in [2.75, 3.05) is 13.1 Å². The molecule has 158 valence electrons. The lowest BCUT2D eigenvalue weighted by Crippen LogP contribution is -2.27. The van der Waals surface area contributed by atoms with Crippen LogP contribution >= 0.6 is 11.8 Å². The Hall–Kier alpha value is -2.16. The molecular formula is C22H26N4O2S2. The summed E-state index contributed by atoms with van der Waals surface area (Å²) >= 11 is 1.65. The van der Waals surface area contributed by atoms with Crippen molar-refractivity contribution in [2.24, 2.45) is 0 Å². The molecule has 0 atom stereocenters. The molecule has 8 heteroatoms. The third-order valence-corrected chi connectivity index (χ3v) is 8.36. The largest absolute Gasteiger partial charge is 0.302 e. The van der Waals surface area contributed by atoms with Crippen molar-refractivity contribution in [3.05, 3.63) is 59.7 Å². The molecule has 0 N–H and O–H groups in total. The first-order valence-electron chi connectivity index (χ1n) is 10.2. The molecule has 1 aliphatic heterocycles. The maximum atomic E-state index is 12.9. The summed E-state index contributed by atoms with van der Waals surface area (Å²) in [4.78, 5) is 0.321. The van der Waals surface area contributed by atoms with Gasteiger partial charge >= 0.3 is 0 Å². The molecule has 1 fully saturated rings. The lowest BCUT2D eigenvalue weighted by atomic mass is 10.1. The van der Waals surface area contributed by atoms with E-state index < -0.39 is 10.0 Å². The number of rotatable bonds is 7. The highest BCUT2D eigenvalue weighted by Crippen LogP contribution is 2.29. The highest BCUT2D eigenvalue weighted by molar-refractivity contribution is 7.98. The van der Waals surface area contributed by atoms with Crippen molar-refractivity contribution in [3.8, 4) is 11.4 Å². The van der Waals surface area contributed by atoms with Crippen LogP contribution < -0.4 is 0 Å². The predicted octanol–water partition coefficient (Wildman–Crippen LogP) is 4.35. The average molecular weight is 443 g/mol. The van der Waals surface area contributed by atoms with Crippen LogP contribution in [0.1, 0.15) is 30.9 Å². The number of thioether (sulfide) groups is 1. The molecule has 1 saturated heterocycles. The molecule has 4 rings (SSSR count). The third kappa shape index (κ3) is 4.17. The van der Waals surface area contributed by atoms with E-state index in [0.717, 1.165) is 29.3 Å². The second kappa shape index (κ2) is 8.91. The monoisotopic (exact) mass is 442 g/mol. The van der Waals surface area contributed by atoms with Crippen molar-refractivity contribution in [1.29, 1.82) is 0 Å². The summed E-state index contributed by atoms with van der Waals surface area (Å²) in [5.41, 5.74) is 3.30. The maximum absolute atomic E-state index is 12.9. The van der Waals surface area contributed by atoms with E-state index in [1.54, 1.807) is 34.3 Å². The average Bonchev–Trinajstić information content (AvgIpc) is 3.43. The molecule has 0 radical (unpaired) electrons. The number of sulfonamides is 1. The highest BCUT2D eigenvalue weighted by Gasteiger charge is 2.27. The van der Waals surface area contributed by atoms with E-state index in [2.05, 4.69) is 36.2 Å². The molecule has 0 amide bonds. The molecule has 2 aromatic carbocycles. The molecule has 30 heavy (non-hydrogen) atoms. The van der Waals surface area contributed by atoms with Crippen molar-refractivity contribution in [2.45, 2.75) is 49.0 Å². The second-order valence-electron chi connectivity index (χ2n) is 7.40. The van der Waals surface area contributed by atoms with Crippen LogP contribution in [0.3, 0.4) is 0 Å². The summed E-state index contributed by atoms with van der Waals surface area (Å²) in [6.45, 7) is 6.06. The van der Waals surface area contributed by atoms with Gasteiger partial charge in [0.05, 0.1) is 4.90 Å². The number of aromatic nitrogens is 3. The first-order valence-corrected chi connectivity index (χ1v) is 12.6. The van der Waals surface area contributed by atoms with Crippen LogP contribution in [0.25, 0.3) is 11.4 Å². The van der Waals surface area contributed by atoms with E-state index in [4.69, 9.17) is 0 Å². The minimum absolute atomic E-state index is 0.321. The lowest BCUT2D eigenvalue weighted by Gasteiger charge is -2.16. The molecular weight excluding hydrogens is 416 g/mol. The number of aryl methyl sites for hydroxylation is 1.